The number of likely N-dealkylation sites (N-methyl/N-ethyl adjacent to an activating group) is 1. The van der Waals surface area contributed by atoms with E-state index in [1.807, 2.05) is 30.5 Å². The summed E-state index contributed by atoms with van der Waals surface area (Å²) in [6, 6.07) is 16.7. The molecule has 1 saturated heterocycles. The number of nitrogens with one attached hydrogen (secondary N) is 1. The maximum absolute atomic E-state index is 13.6. The van der Waals surface area contributed by atoms with Crippen LogP contribution in [0, 0.1) is 0 Å². The fourth-order valence-corrected chi connectivity index (χ4v) is 5.86. The largest absolute Gasteiger partial charge is 0.392 e. The van der Waals surface area contributed by atoms with Crippen molar-refractivity contribution in [1.82, 2.24) is 29.4 Å². The third kappa shape index (κ3) is 5.54. The summed E-state index contributed by atoms with van der Waals surface area (Å²) in [7, 11) is 3.70. The van der Waals surface area contributed by atoms with Gasteiger partial charge in [-0.15, -0.1) is 0 Å². The lowest BCUT2D eigenvalue weighted by Crippen LogP contribution is -2.24. The van der Waals surface area contributed by atoms with Crippen LogP contribution in [-0.2, 0) is 19.1 Å². The second-order valence-electron chi connectivity index (χ2n) is 12.6. The molecule has 10 nitrogen and oxygen atoms in total. The number of aryl methyl sites for hydroxylation is 1. The lowest BCUT2D eigenvalue weighted by molar-refractivity contribution is 0.281. The normalized spacial score (nSPS) is 15.6. The lowest BCUT2D eigenvalue weighted by atomic mass is 9.86. The van der Waals surface area contributed by atoms with Crippen molar-refractivity contribution in [2.75, 3.05) is 25.5 Å². The van der Waals surface area contributed by atoms with E-state index in [-0.39, 0.29) is 23.1 Å². The number of aliphatic hydroxyl groups excluding tert-OH is 1. The van der Waals surface area contributed by atoms with Crippen LogP contribution >= 0.6 is 0 Å². The molecule has 44 heavy (non-hydrogen) atoms. The second-order valence-corrected chi connectivity index (χ2v) is 12.6. The van der Waals surface area contributed by atoms with Gasteiger partial charge in [-0.25, -0.2) is 9.67 Å². The van der Waals surface area contributed by atoms with Crippen molar-refractivity contribution in [3.63, 3.8) is 0 Å². The number of rotatable bonds is 6. The zero-order valence-corrected chi connectivity index (χ0v) is 25.7. The fourth-order valence-electron chi connectivity index (χ4n) is 5.86. The van der Waals surface area contributed by atoms with Crippen molar-refractivity contribution in [2.45, 2.75) is 45.1 Å². The molecule has 5 aromatic rings. The zero-order valence-electron chi connectivity index (χ0n) is 25.7. The Morgan fingerprint density at radius 3 is 2.50 bits per heavy atom. The molecule has 0 saturated carbocycles. The molecule has 3 aromatic heterocycles. The molecule has 2 N–H and O–H groups in total. The Bertz CT molecular complexity index is 1970. The summed E-state index contributed by atoms with van der Waals surface area (Å²) >= 11 is 0. The van der Waals surface area contributed by atoms with E-state index >= 15 is 0 Å². The molecule has 1 unspecified atom stereocenters. The maximum Gasteiger partial charge on any atom is 0.290 e. The summed E-state index contributed by atoms with van der Waals surface area (Å²) < 4.78 is 2.56. The van der Waals surface area contributed by atoms with Gasteiger partial charge in [-0.3, -0.25) is 9.59 Å². The number of pyridine rings is 1. The highest BCUT2D eigenvalue weighted by molar-refractivity contribution is 5.82. The van der Waals surface area contributed by atoms with Crippen LogP contribution < -0.4 is 16.4 Å². The first-order valence-corrected chi connectivity index (χ1v) is 14.8. The number of aliphatic hydroxyl groups is 1. The Morgan fingerprint density at radius 1 is 1.00 bits per heavy atom. The first kappa shape index (κ1) is 29.4. The van der Waals surface area contributed by atoms with Crippen molar-refractivity contribution in [3.05, 3.63) is 104 Å². The molecular formula is C34H37N7O3. The van der Waals surface area contributed by atoms with E-state index < -0.39 is 0 Å². The summed E-state index contributed by atoms with van der Waals surface area (Å²) in [6.07, 6.45) is 4.64. The van der Waals surface area contributed by atoms with Crippen molar-refractivity contribution in [3.8, 4) is 16.9 Å². The Hall–Kier alpha value is -4.67. The highest BCUT2D eigenvalue weighted by Gasteiger charge is 2.22. The number of aromatic nitrogens is 5. The van der Waals surface area contributed by atoms with E-state index in [0.717, 1.165) is 30.5 Å². The quantitative estimate of drug-likeness (QED) is 0.297. The predicted molar refractivity (Wildman–Crippen MR) is 173 cm³/mol. The lowest BCUT2D eigenvalue weighted by Gasteiger charge is -2.19. The van der Waals surface area contributed by atoms with Crippen LogP contribution in [0.25, 0.3) is 27.7 Å². The predicted octanol–water partition coefficient (Wildman–Crippen LogP) is 4.49. The number of nitrogens with zero attached hydrogens (tertiary/aromatic N) is 6. The third-order valence-electron chi connectivity index (χ3n) is 8.44. The molecule has 0 radical (unpaired) electrons. The van der Waals surface area contributed by atoms with Gasteiger partial charge in [0.1, 0.15) is 11.5 Å². The molecular weight excluding hydrogens is 554 g/mol. The molecule has 226 valence electrons. The van der Waals surface area contributed by atoms with Gasteiger partial charge in [-0.05, 0) is 72.8 Å². The summed E-state index contributed by atoms with van der Waals surface area (Å²) in [5.41, 5.74) is 3.85. The molecule has 1 atom stereocenters. The standard InChI is InChI=1S/C34H37N7O3/c1-34(2,3)24-10-11-25-23(15-24)18-36-41(32(25)43)30-8-6-7-26(27(30)20-42)28-16-29(33(44)40(5)38-28)37-31-12-9-21(17-35-31)22-13-14-39(4)19-22/h6-12,15-18,22,42H,13-14,19-20H2,1-5H3,(H,35,37). The molecule has 2 aromatic carbocycles. The Morgan fingerprint density at radius 2 is 1.82 bits per heavy atom. The first-order chi connectivity index (χ1) is 21.0. The smallest absolute Gasteiger partial charge is 0.290 e. The minimum Gasteiger partial charge on any atom is -0.392 e. The SMILES string of the molecule is CN1CCC(c2ccc(Nc3cc(-c4cccc(-n5ncc6cc(C(C)(C)C)ccc6c5=O)c4CO)nn(C)c3=O)nc2)C1. The Kier molecular flexibility index (Phi) is 7.65. The number of hydrogen-bond acceptors (Lipinski definition) is 8. The average Bonchev–Trinajstić information content (AvgIpc) is 3.45. The van der Waals surface area contributed by atoms with Gasteiger partial charge >= 0.3 is 0 Å². The third-order valence-corrected chi connectivity index (χ3v) is 8.44. The molecule has 0 bridgehead atoms. The van der Waals surface area contributed by atoms with E-state index in [0.29, 0.717) is 45.3 Å². The topological polar surface area (TPSA) is 118 Å². The molecule has 0 aliphatic carbocycles. The van der Waals surface area contributed by atoms with Gasteiger partial charge in [-0.1, -0.05) is 45.0 Å². The van der Waals surface area contributed by atoms with Crippen LogP contribution in [0.4, 0.5) is 11.5 Å². The van der Waals surface area contributed by atoms with Gasteiger partial charge in [0.25, 0.3) is 11.1 Å². The second kappa shape index (κ2) is 11.4. The van der Waals surface area contributed by atoms with Crippen LogP contribution in [0.1, 0.15) is 49.8 Å². The molecule has 6 rings (SSSR count). The van der Waals surface area contributed by atoms with Crippen molar-refractivity contribution in [2.24, 2.45) is 7.05 Å². The van der Waals surface area contributed by atoms with Crippen LogP contribution in [0.3, 0.4) is 0 Å². The van der Waals surface area contributed by atoms with Crippen LogP contribution in [0.15, 0.2) is 76.6 Å². The van der Waals surface area contributed by atoms with Crippen molar-refractivity contribution in [1.29, 1.82) is 0 Å². The monoisotopic (exact) mass is 591 g/mol. The minimum atomic E-state index is -0.368. The maximum atomic E-state index is 13.6. The minimum absolute atomic E-state index is 0.0653. The number of hydrogen-bond donors (Lipinski definition) is 2. The summed E-state index contributed by atoms with van der Waals surface area (Å²) in [5, 5.41) is 24.0. The number of likely N-dealkylation sites (tertiary alicyclic amines) is 1. The average molecular weight is 592 g/mol. The van der Waals surface area contributed by atoms with Gasteiger partial charge < -0.3 is 15.3 Å². The fraction of sp³-hybridized carbons (Fsp3) is 0.324. The Labute approximate surface area is 255 Å². The summed E-state index contributed by atoms with van der Waals surface area (Å²) in [5.74, 6) is 1.00. The first-order valence-electron chi connectivity index (χ1n) is 14.8. The Balaban J connectivity index is 1.37. The number of benzene rings is 2. The van der Waals surface area contributed by atoms with Gasteiger partial charge in [0, 0.05) is 36.3 Å². The van der Waals surface area contributed by atoms with E-state index in [2.05, 4.69) is 59.3 Å². The summed E-state index contributed by atoms with van der Waals surface area (Å²) in [4.78, 5) is 33.6. The molecule has 1 fully saturated rings. The van der Waals surface area contributed by atoms with Gasteiger partial charge in [0.05, 0.1) is 29.6 Å². The van der Waals surface area contributed by atoms with Crippen LogP contribution in [0.5, 0.6) is 0 Å². The molecule has 10 heteroatoms. The van der Waals surface area contributed by atoms with Crippen molar-refractivity contribution >= 4 is 22.3 Å². The molecule has 1 aliphatic heterocycles. The van der Waals surface area contributed by atoms with Crippen LogP contribution in [0.2, 0.25) is 0 Å². The zero-order chi connectivity index (χ0) is 31.2. The van der Waals surface area contributed by atoms with E-state index in [4.69, 9.17) is 0 Å². The van der Waals surface area contributed by atoms with E-state index in [9.17, 15) is 14.7 Å². The van der Waals surface area contributed by atoms with Crippen molar-refractivity contribution < 1.29 is 5.11 Å². The number of fused-ring (bicyclic) bond motifs is 1. The highest BCUT2D eigenvalue weighted by Crippen LogP contribution is 2.30. The number of anilines is 2. The van der Waals surface area contributed by atoms with Crippen LogP contribution in [-0.4, -0.2) is 54.7 Å². The molecule has 1 aliphatic rings. The molecule has 0 spiro atoms. The summed E-state index contributed by atoms with van der Waals surface area (Å²) in [6.45, 7) is 8.08. The van der Waals surface area contributed by atoms with E-state index in [1.54, 1.807) is 37.5 Å². The van der Waals surface area contributed by atoms with Gasteiger partial charge in [-0.2, -0.15) is 14.9 Å². The highest BCUT2D eigenvalue weighted by atomic mass is 16.3. The van der Waals surface area contributed by atoms with Gasteiger partial charge in [0.15, 0.2) is 0 Å². The molecule has 4 heterocycles. The molecule has 0 amide bonds. The van der Waals surface area contributed by atoms with E-state index in [1.165, 1.54) is 14.9 Å². The van der Waals surface area contributed by atoms with Gasteiger partial charge in [0.2, 0.25) is 0 Å².